The third-order valence-corrected chi connectivity index (χ3v) is 8.86. The fourth-order valence-electron chi connectivity index (χ4n) is 6.55. The zero-order chi connectivity index (χ0) is 35.1. The number of hydrogen-bond acceptors (Lipinski definition) is 9. The van der Waals surface area contributed by atoms with Gasteiger partial charge in [0.25, 0.3) is 0 Å². The first-order valence-electron chi connectivity index (χ1n) is 17.2. The Bertz CT molecular complexity index is 1040. The van der Waals surface area contributed by atoms with Crippen LogP contribution in [-0.4, -0.2) is 115 Å². The molecule has 0 unspecified atom stereocenters. The number of carboxylic acid groups (broad SMARTS) is 1. The van der Waals surface area contributed by atoms with Gasteiger partial charge in [-0.1, -0.05) is 32.1 Å². The van der Waals surface area contributed by atoms with Crippen molar-refractivity contribution in [1.29, 1.82) is 0 Å². The maximum atomic E-state index is 12.8. The number of hydrogen-bond donors (Lipinski definition) is 4. The predicted octanol–water partition coefficient (Wildman–Crippen LogP) is 4.06. The minimum absolute atomic E-state index is 0.0810. The number of ether oxygens (including phenoxy) is 4. The summed E-state index contributed by atoms with van der Waals surface area (Å²) in [7, 11) is 1.58. The highest BCUT2D eigenvalue weighted by Crippen LogP contribution is 2.31. The third kappa shape index (κ3) is 14.6. The number of nitrogens with one attached hydrogen (secondary N) is 2. The fraction of sp³-hybridized carbons (Fsp3) is 0.800. The van der Waals surface area contributed by atoms with Crippen molar-refractivity contribution in [3.63, 3.8) is 0 Å². The number of allylic oxidation sites excluding steroid dienone is 3. The molecule has 2 aliphatic heterocycles. The second-order valence-electron chi connectivity index (χ2n) is 13.9. The highest BCUT2D eigenvalue weighted by Gasteiger charge is 2.32. The van der Waals surface area contributed by atoms with E-state index in [0.717, 1.165) is 37.9 Å². The molecule has 0 radical (unpaired) electrons. The Balaban J connectivity index is 1.83. The van der Waals surface area contributed by atoms with E-state index < -0.39 is 35.9 Å². The zero-order valence-corrected chi connectivity index (χ0v) is 29.8. The molecule has 2 rings (SSSR count). The zero-order valence-electron chi connectivity index (χ0n) is 29.8. The van der Waals surface area contributed by atoms with Gasteiger partial charge in [0.15, 0.2) is 0 Å². The molecule has 12 nitrogen and oxygen atoms in total. The van der Waals surface area contributed by atoms with E-state index in [0.29, 0.717) is 19.5 Å². The lowest BCUT2D eigenvalue weighted by Gasteiger charge is -2.35. The summed E-state index contributed by atoms with van der Waals surface area (Å²) >= 11 is 0. The molecule has 0 bridgehead atoms. The summed E-state index contributed by atoms with van der Waals surface area (Å²) in [6.07, 6.45) is 7.05. The molecule has 4 N–H and O–H groups in total. The van der Waals surface area contributed by atoms with Gasteiger partial charge < -0.3 is 44.7 Å². The summed E-state index contributed by atoms with van der Waals surface area (Å²) in [5.41, 5.74) is 0.647. The molecular formula is C35H61N3O9. The molecular weight excluding hydrogens is 606 g/mol. The number of nitrogens with zero attached hydrogens (tertiary/aromatic N) is 1. The van der Waals surface area contributed by atoms with Crippen LogP contribution in [0.2, 0.25) is 0 Å². The van der Waals surface area contributed by atoms with Crippen molar-refractivity contribution in [2.45, 2.75) is 129 Å². The van der Waals surface area contributed by atoms with Gasteiger partial charge in [0.05, 0.1) is 43.0 Å². The molecule has 0 spiro atoms. The van der Waals surface area contributed by atoms with Crippen LogP contribution in [0.5, 0.6) is 0 Å². The topological polar surface area (TPSA) is 156 Å². The van der Waals surface area contributed by atoms with Gasteiger partial charge in [-0.25, -0.2) is 9.59 Å². The van der Waals surface area contributed by atoms with Crippen LogP contribution in [0.1, 0.15) is 87.0 Å². The number of carbonyl (C=O) groups is 3. The normalized spacial score (nSPS) is 24.3. The molecule has 2 saturated heterocycles. The number of piperazine rings is 1. The van der Waals surface area contributed by atoms with Gasteiger partial charge in [-0.3, -0.25) is 4.79 Å². The summed E-state index contributed by atoms with van der Waals surface area (Å²) < 4.78 is 23.3. The van der Waals surface area contributed by atoms with Crippen LogP contribution in [0.4, 0.5) is 4.79 Å². The number of carboxylic acids is 1. The van der Waals surface area contributed by atoms with Gasteiger partial charge >= 0.3 is 12.1 Å². The standard InChI is InChI=1S/C35H61N3O9/c1-23(22-35(6,7)47-27(5)32(44-8)26(4)39)11-9-12-24(2)31-25(3)14-15-28(46-31)21-30(40)37-29(33(41)42)13-10-20-45-34(43)38-18-16-36-17-19-38/h9,11-12,23,25-29,31-32,36,39H,10,13-22H2,1-8H3,(H,37,40)(H,41,42)/b11-9+,24-12+/t23-,25+,26-,27-,28-,29+,31-,32+/m1/s1. The minimum Gasteiger partial charge on any atom is -0.480 e. The summed E-state index contributed by atoms with van der Waals surface area (Å²) in [4.78, 5) is 38.4. The van der Waals surface area contributed by atoms with Crippen LogP contribution < -0.4 is 10.6 Å². The van der Waals surface area contributed by atoms with E-state index in [1.165, 1.54) is 0 Å². The van der Waals surface area contributed by atoms with Crippen molar-refractivity contribution < 1.29 is 43.5 Å². The number of rotatable bonds is 18. The number of carbonyl (C=O) groups excluding carboxylic acids is 2. The quantitative estimate of drug-likeness (QED) is 0.124. The predicted molar refractivity (Wildman–Crippen MR) is 180 cm³/mol. The average Bonchev–Trinajstić information content (AvgIpc) is 2.99. The van der Waals surface area contributed by atoms with E-state index in [4.69, 9.17) is 18.9 Å². The molecule has 2 amide bonds. The summed E-state index contributed by atoms with van der Waals surface area (Å²) in [6, 6.07) is -1.06. The van der Waals surface area contributed by atoms with Crippen LogP contribution in [-0.2, 0) is 28.5 Å². The second kappa shape index (κ2) is 20.1. The average molecular weight is 668 g/mol. The Morgan fingerprint density at radius 2 is 1.83 bits per heavy atom. The Morgan fingerprint density at radius 1 is 1.15 bits per heavy atom. The molecule has 2 fully saturated rings. The van der Waals surface area contributed by atoms with Gasteiger partial charge in [-0.05, 0) is 84.1 Å². The van der Waals surface area contributed by atoms with Crippen LogP contribution in [0.15, 0.2) is 23.8 Å². The van der Waals surface area contributed by atoms with Crippen LogP contribution >= 0.6 is 0 Å². The highest BCUT2D eigenvalue weighted by molar-refractivity contribution is 5.83. The van der Waals surface area contributed by atoms with Gasteiger partial charge in [0.1, 0.15) is 12.1 Å². The van der Waals surface area contributed by atoms with Gasteiger partial charge in [0.2, 0.25) is 5.91 Å². The first kappa shape index (κ1) is 40.7. The molecule has 0 aromatic heterocycles. The molecule has 2 aliphatic rings. The molecule has 2 heterocycles. The molecule has 0 saturated carbocycles. The molecule has 8 atom stereocenters. The van der Waals surface area contributed by atoms with Crippen molar-refractivity contribution in [3.05, 3.63) is 23.8 Å². The van der Waals surface area contributed by atoms with Gasteiger partial charge in [-0.2, -0.15) is 0 Å². The Kier molecular flexibility index (Phi) is 17.4. The molecule has 47 heavy (non-hydrogen) atoms. The Morgan fingerprint density at radius 3 is 2.45 bits per heavy atom. The summed E-state index contributed by atoms with van der Waals surface area (Å²) in [5, 5.41) is 25.4. The van der Waals surface area contributed by atoms with E-state index in [2.05, 4.69) is 36.6 Å². The van der Waals surface area contributed by atoms with E-state index in [-0.39, 0.29) is 55.5 Å². The largest absolute Gasteiger partial charge is 0.480 e. The molecule has 270 valence electrons. The maximum absolute atomic E-state index is 12.8. The van der Waals surface area contributed by atoms with Crippen molar-refractivity contribution in [2.24, 2.45) is 11.8 Å². The number of aliphatic hydroxyl groups is 1. The van der Waals surface area contributed by atoms with Crippen molar-refractivity contribution in [1.82, 2.24) is 15.5 Å². The number of methoxy groups -OCH3 is 1. The molecule has 0 aromatic rings. The van der Waals surface area contributed by atoms with Crippen molar-refractivity contribution in [2.75, 3.05) is 39.9 Å². The van der Waals surface area contributed by atoms with Crippen LogP contribution in [0.3, 0.4) is 0 Å². The monoisotopic (exact) mass is 667 g/mol. The summed E-state index contributed by atoms with van der Waals surface area (Å²) in [6.45, 7) is 16.7. The Labute approximate surface area is 281 Å². The smallest absolute Gasteiger partial charge is 0.409 e. The molecule has 0 aliphatic carbocycles. The third-order valence-electron chi connectivity index (χ3n) is 8.86. The van der Waals surface area contributed by atoms with Crippen molar-refractivity contribution in [3.8, 4) is 0 Å². The first-order chi connectivity index (χ1) is 22.1. The van der Waals surface area contributed by atoms with Gasteiger partial charge in [-0.15, -0.1) is 0 Å². The number of aliphatic carboxylic acids is 1. The fourth-order valence-corrected chi connectivity index (χ4v) is 6.55. The summed E-state index contributed by atoms with van der Waals surface area (Å²) in [5.74, 6) is -0.973. The van der Waals surface area contributed by atoms with E-state index in [1.54, 1.807) is 18.9 Å². The van der Waals surface area contributed by atoms with Crippen molar-refractivity contribution >= 4 is 18.0 Å². The van der Waals surface area contributed by atoms with Crippen LogP contribution in [0.25, 0.3) is 0 Å². The first-order valence-corrected chi connectivity index (χ1v) is 17.2. The van der Waals surface area contributed by atoms with E-state index in [1.807, 2.05) is 33.8 Å². The minimum atomic E-state index is -1.12. The van der Waals surface area contributed by atoms with E-state index in [9.17, 15) is 24.6 Å². The maximum Gasteiger partial charge on any atom is 0.409 e. The Hall–Kier alpha value is -2.51. The lowest BCUT2D eigenvalue weighted by molar-refractivity contribution is -0.149. The van der Waals surface area contributed by atoms with Gasteiger partial charge in [0, 0.05) is 33.3 Å². The second-order valence-corrected chi connectivity index (χ2v) is 13.9. The van der Waals surface area contributed by atoms with Crippen LogP contribution in [0, 0.1) is 11.8 Å². The number of amides is 2. The SMILES string of the molecule is CO[C@@H]([C@@H](C)O)[C@@H](C)OC(C)(C)C[C@H](C)/C=C/C=C(\C)[C@H]1O[C@@H](CC(=O)N[C@@H](CCCOC(=O)N2CCNCC2)C(=O)O)CC[C@@H]1C. The molecule has 0 aromatic carbocycles. The van der Waals surface area contributed by atoms with E-state index >= 15 is 0 Å². The molecule has 12 heteroatoms. The number of aliphatic hydroxyl groups excluding tert-OH is 1. The highest BCUT2D eigenvalue weighted by atomic mass is 16.6. The lowest BCUT2D eigenvalue weighted by Crippen LogP contribution is -2.46. The lowest BCUT2D eigenvalue weighted by atomic mass is 9.88.